The van der Waals surface area contributed by atoms with Crippen LogP contribution in [0.2, 0.25) is 0 Å². The van der Waals surface area contributed by atoms with Crippen LogP contribution in [0.25, 0.3) is 0 Å². The normalized spacial score (nSPS) is 25.9. The molecule has 0 N–H and O–H groups in total. The maximum atomic E-state index is 6.03. The number of halogens is 1. The molecule has 1 saturated heterocycles. The van der Waals surface area contributed by atoms with Crippen LogP contribution < -0.4 is 4.90 Å². The van der Waals surface area contributed by atoms with Crippen molar-refractivity contribution in [1.82, 2.24) is 4.98 Å². The zero-order valence-corrected chi connectivity index (χ0v) is 10.0. The molecule has 15 heavy (non-hydrogen) atoms. The van der Waals surface area contributed by atoms with Crippen molar-refractivity contribution in [3.8, 4) is 0 Å². The molecule has 1 fully saturated rings. The van der Waals surface area contributed by atoms with Crippen LogP contribution in [0.1, 0.15) is 18.9 Å². The minimum Gasteiger partial charge on any atom is -0.352 e. The first-order chi connectivity index (χ1) is 7.24. The molecule has 2 unspecified atom stereocenters. The highest BCUT2D eigenvalue weighted by Gasteiger charge is 2.31. The number of aryl methyl sites for hydroxylation is 1. The van der Waals surface area contributed by atoms with Gasteiger partial charge in [0, 0.05) is 24.7 Å². The van der Waals surface area contributed by atoms with E-state index >= 15 is 0 Å². The predicted octanol–water partition coefficient (Wildman–Crippen LogP) is 2.84. The SMILES string of the molecule is Cc1cccnc1N1CCC(C)C1CCl. The minimum absolute atomic E-state index is 0.445. The Kier molecular flexibility index (Phi) is 3.15. The molecule has 0 saturated carbocycles. The summed E-state index contributed by atoms with van der Waals surface area (Å²) in [6.45, 7) is 5.46. The van der Waals surface area contributed by atoms with E-state index < -0.39 is 0 Å². The van der Waals surface area contributed by atoms with E-state index in [2.05, 4.69) is 29.8 Å². The topological polar surface area (TPSA) is 16.1 Å². The fourth-order valence-electron chi connectivity index (χ4n) is 2.28. The first kappa shape index (κ1) is 10.7. The zero-order valence-electron chi connectivity index (χ0n) is 9.28. The van der Waals surface area contributed by atoms with Gasteiger partial charge in [0.2, 0.25) is 0 Å². The molecule has 2 nitrogen and oxygen atoms in total. The molecular weight excluding hydrogens is 208 g/mol. The number of pyridine rings is 1. The van der Waals surface area contributed by atoms with Crippen molar-refractivity contribution in [2.45, 2.75) is 26.3 Å². The summed E-state index contributed by atoms with van der Waals surface area (Å²) in [7, 11) is 0. The Morgan fingerprint density at radius 3 is 3.07 bits per heavy atom. The predicted molar refractivity (Wildman–Crippen MR) is 64.6 cm³/mol. The van der Waals surface area contributed by atoms with Crippen LogP contribution in [0.15, 0.2) is 18.3 Å². The van der Waals surface area contributed by atoms with Crippen LogP contribution in [0, 0.1) is 12.8 Å². The number of alkyl halides is 1. The Morgan fingerprint density at radius 1 is 1.60 bits per heavy atom. The molecule has 0 bridgehead atoms. The molecule has 3 heteroatoms. The van der Waals surface area contributed by atoms with Gasteiger partial charge in [-0.25, -0.2) is 4.98 Å². The maximum Gasteiger partial charge on any atom is 0.131 e. The second kappa shape index (κ2) is 4.40. The molecule has 2 atom stereocenters. The Hall–Kier alpha value is -0.760. The van der Waals surface area contributed by atoms with Crippen molar-refractivity contribution >= 4 is 17.4 Å². The van der Waals surface area contributed by atoms with Crippen LogP contribution >= 0.6 is 11.6 Å². The third-order valence-electron chi connectivity index (χ3n) is 3.29. The van der Waals surface area contributed by atoms with Crippen LogP contribution in [-0.4, -0.2) is 23.5 Å². The van der Waals surface area contributed by atoms with Gasteiger partial charge in [-0.3, -0.25) is 0 Å². The Bertz CT molecular complexity index is 340. The molecule has 0 aliphatic carbocycles. The summed E-state index contributed by atoms with van der Waals surface area (Å²) in [5.74, 6) is 2.47. The number of anilines is 1. The molecule has 1 aliphatic heterocycles. The van der Waals surface area contributed by atoms with E-state index in [-0.39, 0.29) is 0 Å². The van der Waals surface area contributed by atoms with E-state index in [1.165, 1.54) is 12.0 Å². The van der Waals surface area contributed by atoms with Gasteiger partial charge in [-0.15, -0.1) is 11.6 Å². The maximum absolute atomic E-state index is 6.03. The molecule has 0 radical (unpaired) electrons. The van der Waals surface area contributed by atoms with Crippen LogP contribution in [0.4, 0.5) is 5.82 Å². The smallest absolute Gasteiger partial charge is 0.131 e. The molecular formula is C12H17ClN2. The Balaban J connectivity index is 2.28. The highest BCUT2D eigenvalue weighted by atomic mass is 35.5. The van der Waals surface area contributed by atoms with Crippen molar-refractivity contribution < 1.29 is 0 Å². The average molecular weight is 225 g/mol. The van der Waals surface area contributed by atoms with Crippen molar-refractivity contribution in [1.29, 1.82) is 0 Å². The van der Waals surface area contributed by atoms with E-state index in [9.17, 15) is 0 Å². The fourth-order valence-corrected chi connectivity index (χ4v) is 2.76. The Morgan fingerprint density at radius 2 is 2.40 bits per heavy atom. The third-order valence-corrected chi connectivity index (χ3v) is 3.61. The standard InChI is InChI=1S/C12H17ClN2/c1-9-5-7-15(11(9)8-13)12-10(2)4-3-6-14-12/h3-4,6,9,11H,5,7-8H2,1-2H3. The van der Waals surface area contributed by atoms with Crippen LogP contribution in [-0.2, 0) is 0 Å². The Labute approximate surface area is 96.3 Å². The highest BCUT2D eigenvalue weighted by Crippen LogP contribution is 2.30. The van der Waals surface area contributed by atoms with E-state index in [1.807, 2.05) is 12.3 Å². The lowest BCUT2D eigenvalue weighted by Gasteiger charge is -2.27. The monoisotopic (exact) mass is 224 g/mol. The molecule has 1 aromatic rings. The van der Waals surface area contributed by atoms with Crippen molar-refractivity contribution in [2.24, 2.45) is 5.92 Å². The van der Waals surface area contributed by atoms with Gasteiger partial charge in [0.1, 0.15) is 5.82 Å². The largest absolute Gasteiger partial charge is 0.352 e. The summed E-state index contributed by atoms with van der Waals surface area (Å²) in [5, 5.41) is 0. The summed E-state index contributed by atoms with van der Waals surface area (Å²) in [6.07, 6.45) is 3.07. The van der Waals surface area contributed by atoms with Gasteiger partial charge in [-0.1, -0.05) is 13.0 Å². The van der Waals surface area contributed by atoms with Gasteiger partial charge in [0.25, 0.3) is 0 Å². The number of hydrogen-bond donors (Lipinski definition) is 0. The summed E-state index contributed by atoms with van der Waals surface area (Å²) >= 11 is 6.03. The molecule has 0 spiro atoms. The second-order valence-corrected chi connectivity index (χ2v) is 4.63. The van der Waals surface area contributed by atoms with Gasteiger partial charge in [0.15, 0.2) is 0 Å². The molecule has 1 aliphatic rings. The van der Waals surface area contributed by atoms with Gasteiger partial charge in [-0.2, -0.15) is 0 Å². The number of nitrogens with zero attached hydrogens (tertiary/aromatic N) is 2. The summed E-state index contributed by atoms with van der Waals surface area (Å²) in [4.78, 5) is 6.81. The zero-order chi connectivity index (χ0) is 10.8. The quantitative estimate of drug-likeness (QED) is 0.719. The van der Waals surface area contributed by atoms with Crippen molar-refractivity contribution in [2.75, 3.05) is 17.3 Å². The summed E-state index contributed by atoms with van der Waals surface area (Å²) in [6, 6.07) is 4.53. The van der Waals surface area contributed by atoms with E-state index in [4.69, 9.17) is 11.6 Å². The lowest BCUT2D eigenvalue weighted by atomic mass is 10.0. The minimum atomic E-state index is 0.445. The van der Waals surface area contributed by atoms with E-state index in [1.54, 1.807) is 0 Å². The van der Waals surface area contributed by atoms with Gasteiger partial charge < -0.3 is 4.90 Å². The second-order valence-electron chi connectivity index (χ2n) is 4.32. The third kappa shape index (κ3) is 1.96. The van der Waals surface area contributed by atoms with Gasteiger partial charge >= 0.3 is 0 Å². The number of rotatable bonds is 2. The summed E-state index contributed by atoms with van der Waals surface area (Å²) in [5.41, 5.74) is 1.24. The number of hydrogen-bond acceptors (Lipinski definition) is 2. The molecule has 2 rings (SSSR count). The molecule has 2 heterocycles. The van der Waals surface area contributed by atoms with Crippen LogP contribution in [0.5, 0.6) is 0 Å². The van der Waals surface area contributed by atoms with Gasteiger partial charge in [-0.05, 0) is 30.9 Å². The van der Waals surface area contributed by atoms with Gasteiger partial charge in [0.05, 0.1) is 0 Å². The van der Waals surface area contributed by atoms with E-state index in [0.717, 1.165) is 12.4 Å². The van der Waals surface area contributed by atoms with Crippen molar-refractivity contribution in [3.05, 3.63) is 23.9 Å². The van der Waals surface area contributed by atoms with E-state index in [0.29, 0.717) is 17.8 Å². The number of aromatic nitrogens is 1. The molecule has 1 aromatic heterocycles. The molecule has 0 amide bonds. The summed E-state index contributed by atoms with van der Waals surface area (Å²) < 4.78 is 0. The highest BCUT2D eigenvalue weighted by molar-refractivity contribution is 6.18. The van der Waals surface area contributed by atoms with Crippen LogP contribution in [0.3, 0.4) is 0 Å². The average Bonchev–Trinajstić information content (AvgIpc) is 2.60. The molecule has 0 aromatic carbocycles. The van der Waals surface area contributed by atoms with Crippen molar-refractivity contribution in [3.63, 3.8) is 0 Å². The first-order valence-electron chi connectivity index (χ1n) is 5.48. The lowest BCUT2D eigenvalue weighted by Crippen LogP contribution is -2.34. The molecule has 82 valence electrons. The first-order valence-corrected chi connectivity index (χ1v) is 6.01. The fraction of sp³-hybridized carbons (Fsp3) is 0.583. The lowest BCUT2D eigenvalue weighted by molar-refractivity contribution is 0.548.